The van der Waals surface area contributed by atoms with Crippen molar-refractivity contribution in [3.8, 4) is 0 Å². The van der Waals surface area contributed by atoms with Gasteiger partial charge < -0.3 is 5.32 Å². The summed E-state index contributed by atoms with van der Waals surface area (Å²) in [5.41, 5.74) is 0.467. The van der Waals surface area contributed by atoms with E-state index in [-0.39, 0.29) is 23.6 Å². The second-order valence-corrected chi connectivity index (χ2v) is 4.37. The Morgan fingerprint density at radius 2 is 2.25 bits per heavy atom. The third-order valence-electron chi connectivity index (χ3n) is 2.25. The molecule has 2 heteroatoms. The van der Waals surface area contributed by atoms with Crippen LogP contribution in [0, 0.1) is 11.3 Å². The molecular formula is C10H17NO. The van der Waals surface area contributed by atoms with Crippen molar-refractivity contribution in [1.82, 2.24) is 5.32 Å². The first-order chi connectivity index (χ1) is 5.82. The van der Waals surface area contributed by atoms with Gasteiger partial charge in [-0.25, -0.2) is 0 Å². The third-order valence-corrected chi connectivity index (χ3v) is 2.25. The molecule has 2 atom stereocenters. The van der Waals surface area contributed by atoms with Crippen molar-refractivity contribution in [3.05, 3.63) is 12.3 Å². The van der Waals surface area contributed by atoms with Crippen LogP contribution in [0.1, 0.15) is 35.0 Å². The molecule has 1 heterocycles. The van der Waals surface area contributed by atoms with Gasteiger partial charge in [0, 0.05) is 13.0 Å². The quantitative estimate of drug-likeness (QED) is 0.589. The molecule has 1 saturated heterocycles. The Balaban J connectivity index is 2.79. The van der Waals surface area contributed by atoms with E-state index < -0.39 is 0 Å². The molecule has 0 radical (unpaired) electrons. The van der Waals surface area contributed by atoms with E-state index in [1.165, 1.54) is 0 Å². The Kier molecular flexibility index (Phi) is 1.91. The molecule has 2 nitrogen and oxygen atoms in total. The molecule has 1 fully saturated rings. The fraction of sp³-hybridized carbons (Fsp3) is 0.700. The van der Waals surface area contributed by atoms with E-state index in [9.17, 15) is 4.79 Å². The predicted octanol–water partition coefficient (Wildman–Crippen LogP) is 2.07. The molecule has 2 unspecified atom stereocenters. The Hall–Kier alpha value is -0.790. The van der Waals surface area contributed by atoms with E-state index in [1.54, 1.807) is 0 Å². The van der Waals surface area contributed by atoms with Crippen molar-refractivity contribution in [2.45, 2.75) is 33.6 Å². The predicted molar refractivity (Wildman–Crippen MR) is 49.5 cm³/mol. The van der Waals surface area contributed by atoms with Crippen molar-refractivity contribution in [1.29, 1.82) is 0 Å². The van der Waals surface area contributed by atoms with Crippen LogP contribution in [0.3, 0.4) is 0 Å². The third kappa shape index (κ3) is 1.87. The summed E-state index contributed by atoms with van der Waals surface area (Å²) in [5.74, 6) is -0.0542. The molecule has 1 rings (SSSR count). The minimum Gasteiger partial charge on any atom is -0.330 e. The summed E-state index contributed by atoms with van der Waals surface area (Å²) in [5, 5.41) is 2.66. The van der Waals surface area contributed by atoms with E-state index in [1.807, 2.05) is 20.8 Å². The van der Waals surface area contributed by atoms with Crippen molar-refractivity contribution in [2.24, 2.45) is 11.3 Å². The molecule has 0 spiro atoms. The lowest BCUT2D eigenvalue weighted by Gasteiger charge is -2.33. The van der Waals surface area contributed by atoms with Gasteiger partial charge in [-0.15, -0.1) is 0 Å². The van der Waals surface area contributed by atoms with Gasteiger partial charge in [-0.1, -0.05) is 27.4 Å². The van der Waals surface area contributed by atoms with Gasteiger partial charge >= 0.3 is 0 Å². The molecule has 0 saturated carbocycles. The van der Waals surface area contributed by atoms with Crippen molar-refractivity contribution in [3.63, 3.8) is 0 Å². The molecule has 1 N–H and O–H groups in total. The Labute approximate surface area is 75.4 Å². The van der Waals surface area contributed by atoms with Crippen LogP contribution >= 0.6 is 0 Å². The molecule has 1 aliphatic rings. The standard InChI is InChI=1S/C10H17NO/c1-7-5-6-8(9(12)11-7)10(2,3)4/h8H,1,5-6H2,2-4H3,(H,11,12)/i5D. The zero-order valence-electron chi connectivity index (χ0n) is 8.98. The van der Waals surface area contributed by atoms with Crippen LogP contribution in [-0.4, -0.2) is 5.91 Å². The lowest BCUT2D eigenvalue weighted by molar-refractivity contribution is -0.129. The Morgan fingerprint density at radius 3 is 2.75 bits per heavy atom. The summed E-state index contributed by atoms with van der Waals surface area (Å²) >= 11 is 0. The van der Waals surface area contributed by atoms with Gasteiger partial charge in [-0.3, -0.25) is 4.79 Å². The second-order valence-electron chi connectivity index (χ2n) is 4.37. The average molecular weight is 168 g/mol. The van der Waals surface area contributed by atoms with Gasteiger partial charge in [0.25, 0.3) is 0 Å². The van der Waals surface area contributed by atoms with Crippen LogP contribution in [0.5, 0.6) is 0 Å². The second kappa shape index (κ2) is 2.92. The minimum absolute atomic E-state index is 0.0148. The number of piperidine rings is 1. The van der Waals surface area contributed by atoms with Crippen LogP contribution in [-0.2, 0) is 4.79 Å². The van der Waals surface area contributed by atoms with Crippen molar-refractivity contribution < 1.29 is 6.17 Å². The van der Waals surface area contributed by atoms with Crippen LogP contribution < -0.4 is 5.32 Å². The van der Waals surface area contributed by atoms with Gasteiger partial charge in [-0.05, 0) is 18.2 Å². The summed E-state index contributed by atoms with van der Waals surface area (Å²) in [4.78, 5) is 11.5. The van der Waals surface area contributed by atoms with Crippen LogP contribution in [0.25, 0.3) is 0 Å². The average Bonchev–Trinajstić information content (AvgIpc) is 1.94. The van der Waals surface area contributed by atoms with E-state index in [4.69, 9.17) is 1.37 Å². The van der Waals surface area contributed by atoms with Crippen LogP contribution in [0.2, 0.25) is 0 Å². The highest BCUT2D eigenvalue weighted by Gasteiger charge is 2.33. The molecule has 68 valence electrons. The number of hydrogen-bond acceptors (Lipinski definition) is 1. The number of carbonyl (C=O) groups is 1. The fourth-order valence-corrected chi connectivity index (χ4v) is 1.41. The summed E-state index contributed by atoms with van der Waals surface area (Å²) in [6.45, 7) is 9.72. The number of amides is 1. The lowest BCUT2D eigenvalue weighted by Crippen LogP contribution is -2.41. The molecule has 0 aromatic rings. The van der Waals surface area contributed by atoms with E-state index >= 15 is 0 Å². The molecule has 0 bridgehead atoms. The van der Waals surface area contributed by atoms with E-state index in [0.717, 1.165) is 0 Å². The van der Waals surface area contributed by atoms with Crippen molar-refractivity contribution in [2.75, 3.05) is 0 Å². The van der Waals surface area contributed by atoms with Gasteiger partial charge in [0.15, 0.2) is 0 Å². The number of allylic oxidation sites excluding steroid dienone is 1. The molecule has 1 aliphatic heterocycles. The number of nitrogens with one attached hydrogen (secondary N) is 1. The zero-order chi connectivity index (χ0) is 10.2. The fourth-order valence-electron chi connectivity index (χ4n) is 1.41. The Morgan fingerprint density at radius 1 is 1.67 bits per heavy atom. The smallest absolute Gasteiger partial charge is 0.227 e. The summed E-state index contributed by atoms with van der Waals surface area (Å²) in [6.07, 6.45) is 0.246. The van der Waals surface area contributed by atoms with Crippen LogP contribution in [0.4, 0.5) is 0 Å². The van der Waals surface area contributed by atoms with E-state index in [2.05, 4.69) is 11.9 Å². The van der Waals surface area contributed by atoms with Crippen molar-refractivity contribution >= 4 is 5.91 Å². The molecule has 0 aromatic carbocycles. The number of hydrogen-bond donors (Lipinski definition) is 1. The number of carbonyl (C=O) groups excluding carboxylic acids is 1. The van der Waals surface area contributed by atoms with Gasteiger partial charge in [-0.2, -0.15) is 0 Å². The summed E-state index contributed by atoms with van der Waals surface area (Å²) in [6, 6.07) is 0. The first kappa shape index (κ1) is 7.84. The lowest BCUT2D eigenvalue weighted by atomic mass is 9.76. The monoisotopic (exact) mass is 168 g/mol. The molecule has 1 amide bonds. The first-order valence-electron chi connectivity index (χ1n) is 4.82. The molecule has 0 aromatic heterocycles. The normalized spacial score (nSPS) is 32.8. The molecule has 12 heavy (non-hydrogen) atoms. The summed E-state index contributed by atoms with van der Waals surface area (Å²) < 4.78 is 7.66. The zero-order valence-corrected chi connectivity index (χ0v) is 7.98. The maximum Gasteiger partial charge on any atom is 0.227 e. The highest BCUT2D eigenvalue weighted by Crippen LogP contribution is 2.33. The van der Waals surface area contributed by atoms with Gasteiger partial charge in [0.2, 0.25) is 5.91 Å². The first-order valence-corrected chi connectivity index (χ1v) is 4.24. The maximum atomic E-state index is 11.5. The van der Waals surface area contributed by atoms with E-state index in [0.29, 0.717) is 12.1 Å². The molecule has 0 aliphatic carbocycles. The van der Waals surface area contributed by atoms with Crippen LogP contribution in [0.15, 0.2) is 12.3 Å². The number of rotatable bonds is 0. The highest BCUT2D eigenvalue weighted by molar-refractivity contribution is 5.82. The Bertz CT molecular complexity index is 242. The van der Waals surface area contributed by atoms with Gasteiger partial charge in [0.05, 0.1) is 0 Å². The highest BCUT2D eigenvalue weighted by atomic mass is 16.2. The maximum absolute atomic E-state index is 11.5. The van der Waals surface area contributed by atoms with Gasteiger partial charge in [0.1, 0.15) is 0 Å². The summed E-state index contributed by atoms with van der Waals surface area (Å²) in [7, 11) is 0. The SMILES string of the molecule is [2H]C1CC(C(C)(C)C)C(=O)NC1=C. The minimum atomic E-state index is -0.345. The largest absolute Gasteiger partial charge is 0.330 e. The molecular weight excluding hydrogens is 150 g/mol. The topological polar surface area (TPSA) is 29.1 Å².